The van der Waals surface area contributed by atoms with E-state index in [0.29, 0.717) is 0 Å². The molecule has 0 saturated heterocycles. The van der Waals surface area contributed by atoms with Gasteiger partial charge in [0.05, 0.1) is 12.2 Å². The highest BCUT2D eigenvalue weighted by atomic mass is 19.1. The maximum absolute atomic E-state index is 13.2. The largest absolute Gasteiger partial charge is 0.373 e. The van der Waals surface area contributed by atoms with Crippen LogP contribution in [0.1, 0.15) is 34.6 Å². The van der Waals surface area contributed by atoms with E-state index in [1.54, 1.807) is 6.92 Å². The van der Waals surface area contributed by atoms with E-state index in [9.17, 15) is 4.39 Å². The Bertz CT molecular complexity index is 102. The van der Waals surface area contributed by atoms with Gasteiger partial charge in [0.2, 0.25) is 0 Å². The third-order valence-electron chi connectivity index (χ3n) is 1.57. The van der Waals surface area contributed by atoms with Gasteiger partial charge < -0.3 is 4.74 Å². The van der Waals surface area contributed by atoms with Crippen molar-refractivity contribution in [2.75, 3.05) is 0 Å². The summed E-state index contributed by atoms with van der Waals surface area (Å²) in [6.45, 7) is 9.35. The molecule has 0 saturated carbocycles. The summed E-state index contributed by atoms with van der Waals surface area (Å²) in [4.78, 5) is 0. The first-order chi connectivity index (χ1) is 4.95. The summed E-state index contributed by atoms with van der Waals surface area (Å²) in [6, 6.07) is 0. The van der Waals surface area contributed by atoms with E-state index in [2.05, 4.69) is 0 Å². The standard InChI is InChI=1S/C9H19FO/c1-6(2)9(10)8(5)11-7(3)4/h6-9H,1-5H3. The van der Waals surface area contributed by atoms with Crippen molar-refractivity contribution >= 4 is 0 Å². The van der Waals surface area contributed by atoms with Gasteiger partial charge in [-0.3, -0.25) is 0 Å². The van der Waals surface area contributed by atoms with Crippen LogP contribution in [0.3, 0.4) is 0 Å². The second kappa shape index (κ2) is 4.70. The Balaban J connectivity index is 3.73. The molecule has 0 aliphatic rings. The average molecular weight is 162 g/mol. The first-order valence-corrected chi connectivity index (χ1v) is 4.24. The lowest BCUT2D eigenvalue weighted by molar-refractivity contribution is -0.0385. The number of alkyl halides is 1. The fourth-order valence-electron chi connectivity index (χ4n) is 1.05. The number of rotatable bonds is 4. The highest BCUT2D eigenvalue weighted by molar-refractivity contribution is 4.68. The molecule has 1 nitrogen and oxygen atoms in total. The van der Waals surface area contributed by atoms with Gasteiger partial charge in [-0.15, -0.1) is 0 Å². The van der Waals surface area contributed by atoms with E-state index in [1.807, 2.05) is 27.7 Å². The molecule has 2 unspecified atom stereocenters. The Labute approximate surface area is 68.9 Å². The van der Waals surface area contributed by atoms with Crippen molar-refractivity contribution in [3.05, 3.63) is 0 Å². The summed E-state index contributed by atoms with van der Waals surface area (Å²) < 4.78 is 18.5. The third kappa shape index (κ3) is 4.35. The zero-order chi connectivity index (χ0) is 9.02. The molecule has 0 N–H and O–H groups in total. The van der Waals surface area contributed by atoms with Crippen molar-refractivity contribution < 1.29 is 9.13 Å². The van der Waals surface area contributed by atoms with Gasteiger partial charge in [-0.1, -0.05) is 13.8 Å². The molecular formula is C9H19FO. The smallest absolute Gasteiger partial charge is 0.128 e. The Morgan fingerprint density at radius 2 is 1.45 bits per heavy atom. The van der Waals surface area contributed by atoms with Gasteiger partial charge >= 0.3 is 0 Å². The normalized spacial score (nSPS) is 17.5. The average Bonchev–Trinajstić information content (AvgIpc) is 1.84. The van der Waals surface area contributed by atoms with Gasteiger partial charge in [-0.25, -0.2) is 4.39 Å². The second-order valence-electron chi connectivity index (χ2n) is 3.58. The SMILES string of the molecule is CC(C)OC(C)C(F)C(C)C. The topological polar surface area (TPSA) is 9.23 Å². The van der Waals surface area contributed by atoms with Crippen molar-refractivity contribution in [2.24, 2.45) is 5.92 Å². The van der Waals surface area contributed by atoms with Gasteiger partial charge in [-0.2, -0.15) is 0 Å². The first-order valence-electron chi connectivity index (χ1n) is 4.24. The monoisotopic (exact) mass is 162 g/mol. The lowest BCUT2D eigenvalue weighted by Crippen LogP contribution is -2.29. The molecule has 0 rings (SSSR count). The van der Waals surface area contributed by atoms with Crippen molar-refractivity contribution in [3.63, 3.8) is 0 Å². The maximum atomic E-state index is 13.2. The van der Waals surface area contributed by atoms with Crippen LogP contribution in [0.2, 0.25) is 0 Å². The van der Waals surface area contributed by atoms with Crippen LogP contribution in [0.25, 0.3) is 0 Å². The second-order valence-corrected chi connectivity index (χ2v) is 3.58. The molecule has 11 heavy (non-hydrogen) atoms. The number of hydrogen-bond acceptors (Lipinski definition) is 1. The van der Waals surface area contributed by atoms with Gasteiger partial charge in [0.1, 0.15) is 6.17 Å². The molecule has 0 fully saturated rings. The van der Waals surface area contributed by atoms with Crippen molar-refractivity contribution in [2.45, 2.75) is 53.0 Å². The molecule has 0 spiro atoms. The molecule has 0 radical (unpaired) electrons. The van der Waals surface area contributed by atoms with Crippen molar-refractivity contribution in [1.29, 1.82) is 0 Å². The highest BCUT2D eigenvalue weighted by Gasteiger charge is 2.20. The molecule has 0 aromatic carbocycles. The molecular weight excluding hydrogens is 143 g/mol. The van der Waals surface area contributed by atoms with E-state index in [-0.39, 0.29) is 18.1 Å². The van der Waals surface area contributed by atoms with Crippen LogP contribution in [0.4, 0.5) is 4.39 Å². The molecule has 2 heteroatoms. The number of hydrogen-bond donors (Lipinski definition) is 0. The molecule has 0 aliphatic carbocycles. The van der Waals surface area contributed by atoms with Crippen LogP contribution in [0.5, 0.6) is 0 Å². The maximum Gasteiger partial charge on any atom is 0.128 e. The van der Waals surface area contributed by atoms with E-state index in [1.165, 1.54) is 0 Å². The van der Waals surface area contributed by atoms with Crippen LogP contribution < -0.4 is 0 Å². The summed E-state index contributed by atoms with van der Waals surface area (Å²) in [7, 11) is 0. The zero-order valence-corrected chi connectivity index (χ0v) is 8.10. The molecule has 0 amide bonds. The summed E-state index contributed by atoms with van der Waals surface area (Å²) in [5.41, 5.74) is 0. The summed E-state index contributed by atoms with van der Waals surface area (Å²) >= 11 is 0. The zero-order valence-electron chi connectivity index (χ0n) is 8.10. The number of ether oxygens (including phenoxy) is 1. The van der Waals surface area contributed by atoms with Gasteiger partial charge in [0, 0.05) is 0 Å². The van der Waals surface area contributed by atoms with Gasteiger partial charge in [0.15, 0.2) is 0 Å². The van der Waals surface area contributed by atoms with E-state index >= 15 is 0 Å². The Morgan fingerprint density at radius 3 is 1.73 bits per heavy atom. The summed E-state index contributed by atoms with van der Waals surface area (Å²) in [5.74, 6) is 0.0451. The van der Waals surface area contributed by atoms with E-state index < -0.39 is 6.17 Å². The minimum atomic E-state index is -0.850. The quantitative estimate of drug-likeness (QED) is 0.617. The fourth-order valence-corrected chi connectivity index (χ4v) is 1.05. The van der Waals surface area contributed by atoms with Crippen molar-refractivity contribution in [1.82, 2.24) is 0 Å². The minimum Gasteiger partial charge on any atom is -0.373 e. The third-order valence-corrected chi connectivity index (χ3v) is 1.57. The molecule has 0 heterocycles. The van der Waals surface area contributed by atoms with Crippen molar-refractivity contribution in [3.8, 4) is 0 Å². The van der Waals surface area contributed by atoms with Crippen LogP contribution in [-0.2, 0) is 4.74 Å². The van der Waals surface area contributed by atoms with Crippen LogP contribution >= 0.6 is 0 Å². The van der Waals surface area contributed by atoms with Gasteiger partial charge in [0.25, 0.3) is 0 Å². The highest BCUT2D eigenvalue weighted by Crippen LogP contribution is 2.14. The van der Waals surface area contributed by atoms with E-state index in [4.69, 9.17) is 4.74 Å². The van der Waals surface area contributed by atoms with Crippen LogP contribution in [-0.4, -0.2) is 18.4 Å². The van der Waals surface area contributed by atoms with Crippen LogP contribution in [0, 0.1) is 5.92 Å². The minimum absolute atomic E-state index is 0.0451. The van der Waals surface area contributed by atoms with Gasteiger partial charge in [-0.05, 0) is 26.7 Å². The van der Waals surface area contributed by atoms with E-state index in [0.717, 1.165) is 0 Å². The molecule has 0 aromatic heterocycles. The predicted octanol–water partition coefficient (Wildman–Crippen LogP) is 2.79. The first kappa shape index (κ1) is 10.9. The van der Waals surface area contributed by atoms with Crippen LogP contribution in [0.15, 0.2) is 0 Å². The lowest BCUT2D eigenvalue weighted by atomic mass is 10.0. The molecule has 0 aliphatic heterocycles. The summed E-state index contributed by atoms with van der Waals surface area (Å²) in [5, 5.41) is 0. The predicted molar refractivity (Wildman–Crippen MR) is 45.4 cm³/mol. The number of halogens is 1. The molecule has 0 bridgehead atoms. The Hall–Kier alpha value is -0.110. The Kier molecular flexibility index (Phi) is 4.66. The Morgan fingerprint density at radius 1 is 1.00 bits per heavy atom. The summed E-state index contributed by atoms with van der Waals surface area (Å²) in [6.07, 6.45) is -1.02. The fraction of sp³-hybridized carbons (Fsp3) is 1.00. The molecule has 0 aromatic rings. The molecule has 2 atom stereocenters. The lowest BCUT2D eigenvalue weighted by Gasteiger charge is -2.22. The molecule has 68 valence electrons.